The maximum Gasteiger partial charge on any atom is 0.168 e. The fourth-order valence-electron chi connectivity index (χ4n) is 4.32. The van der Waals surface area contributed by atoms with Gasteiger partial charge < -0.3 is 14.7 Å². The van der Waals surface area contributed by atoms with Crippen molar-refractivity contribution in [3.63, 3.8) is 0 Å². The van der Waals surface area contributed by atoms with Gasteiger partial charge in [0.15, 0.2) is 11.6 Å². The summed E-state index contributed by atoms with van der Waals surface area (Å²) in [5.41, 5.74) is 1.92. The highest BCUT2D eigenvalue weighted by atomic mass is 16.5. The molecule has 1 heterocycles. The van der Waals surface area contributed by atoms with Crippen LogP contribution in [-0.2, 0) is 17.6 Å². The van der Waals surface area contributed by atoms with E-state index >= 15 is 0 Å². The molecule has 0 amide bonds. The van der Waals surface area contributed by atoms with Crippen molar-refractivity contribution in [1.29, 1.82) is 0 Å². The van der Waals surface area contributed by atoms with Crippen LogP contribution in [0.4, 0.5) is 5.69 Å². The van der Waals surface area contributed by atoms with Crippen LogP contribution < -0.4 is 0 Å². The Balaban J connectivity index is 1.60. The molecule has 0 radical (unpaired) electrons. The van der Waals surface area contributed by atoms with Crippen molar-refractivity contribution < 1.29 is 24.3 Å². The monoisotopic (exact) mass is 422 g/mol. The lowest BCUT2D eigenvalue weighted by atomic mass is 9.76. The number of fused-ring (bicyclic) bond motifs is 1. The number of carbonyl (C=O) groups excluding carboxylic acids is 2. The number of para-hydroxylation sites is 2. The number of aryl methyl sites for hydroxylation is 1. The maximum absolute atomic E-state index is 12.6. The van der Waals surface area contributed by atoms with Crippen LogP contribution in [0.15, 0.2) is 45.1 Å². The molecule has 2 aromatic rings. The summed E-state index contributed by atoms with van der Waals surface area (Å²) in [6, 6.07) is 6.63. The molecule has 2 aliphatic carbocycles. The fourth-order valence-corrected chi connectivity index (χ4v) is 4.32. The molecule has 1 aromatic carbocycles. The number of carbonyl (C=O) groups is 2. The summed E-state index contributed by atoms with van der Waals surface area (Å²) in [6.45, 7) is 4.04. The third-order valence-corrected chi connectivity index (χ3v) is 5.80. The highest BCUT2D eigenvalue weighted by molar-refractivity contribution is 6.24. The topological polar surface area (TPSA) is 113 Å². The number of hydrogen-bond donors (Lipinski definition) is 2. The Morgan fingerprint density at radius 1 is 1.16 bits per heavy atom. The molecule has 0 spiro atoms. The van der Waals surface area contributed by atoms with E-state index in [1.807, 2.05) is 13.8 Å². The molecule has 0 aliphatic heterocycles. The van der Waals surface area contributed by atoms with Crippen LogP contribution in [0.2, 0.25) is 0 Å². The number of Topliss-reactive ketones (excluding diaryl/α,β-unsaturated/α-hetero) is 2. The van der Waals surface area contributed by atoms with Crippen LogP contribution in [0, 0.1) is 5.41 Å². The van der Waals surface area contributed by atoms with Gasteiger partial charge in [0.2, 0.25) is 0 Å². The Morgan fingerprint density at radius 3 is 2.71 bits per heavy atom. The van der Waals surface area contributed by atoms with Crippen molar-refractivity contribution in [2.75, 3.05) is 0 Å². The lowest BCUT2D eigenvalue weighted by Gasteiger charge is -2.26. The van der Waals surface area contributed by atoms with Gasteiger partial charge in [-0.3, -0.25) is 9.59 Å². The molecule has 1 fully saturated rings. The number of rotatable bonds is 4. The molecule has 4 rings (SSSR count). The second-order valence-electron chi connectivity index (χ2n) is 9.01. The van der Waals surface area contributed by atoms with E-state index in [1.54, 1.807) is 18.2 Å². The van der Waals surface area contributed by atoms with Crippen molar-refractivity contribution in [3.8, 4) is 5.75 Å². The molecular formula is C24H26N2O5. The summed E-state index contributed by atoms with van der Waals surface area (Å²) in [4.78, 5) is 29.6. The third kappa shape index (κ3) is 4.31. The van der Waals surface area contributed by atoms with Gasteiger partial charge >= 0.3 is 0 Å². The first-order valence-corrected chi connectivity index (χ1v) is 10.6. The lowest BCUT2D eigenvalue weighted by Crippen LogP contribution is -2.26. The molecule has 31 heavy (non-hydrogen) atoms. The molecule has 2 N–H and O–H groups in total. The number of phenolic OH excluding ortho intramolecular Hbond substituents is 1. The van der Waals surface area contributed by atoms with Gasteiger partial charge in [-0.15, -0.1) is 0 Å². The summed E-state index contributed by atoms with van der Waals surface area (Å²) in [5.74, 6) is 0.379. The molecule has 0 saturated heterocycles. The van der Waals surface area contributed by atoms with E-state index in [0.717, 1.165) is 0 Å². The third-order valence-electron chi connectivity index (χ3n) is 5.80. The largest absolute Gasteiger partial charge is 0.511 e. The molecule has 7 nitrogen and oxygen atoms in total. The SMILES string of the molecule is CC1(C)CC(=O)c2c(CC/C(O)=C3/C(=O)CCCC3=Nc3ccccc3O)noc2C1. The minimum atomic E-state index is -0.169. The smallest absolute Gasteiger partial charge is 0.168 e. The second-order valence-corrected chi connectivity index (χ2v) is 9.01. The number of aromatic nitrogens is 1. The van der Waals surface area contributed by atoms with Gasteiger partial charge in [0, 0.05) is 32.1 Å². The van der Waals surface area contributed by atoms with Crippen LogP contribution >= 0.6 is 0 Å². The number of benzene rings is 1. The number of ketones is 2. The van der Waals surface area contributed by atoms with Gasteiger partial charge in [-0.2, -0.15) is 0 Å². The summed E-state index contributed by atoms with van der Waals surface area (Å²) in [7, 11) is 0. The van der Waals surface area contributed by atoms with Crippen LogP contribution in [0.1, 0.15) is 67.8 Å². The van der Waals surface area contributed by atoms with E-state index in [-0.39, 0.29) is 46.9 Å². The molecular weight excluding hydrogens is 396 g/mol. The van der Waals surface area contributed by atoms with E-state index in [4.69, 9.17) is 4.52 Å². The number of nitrogens with zero attached hydrogens (tertiary/aromatic N) is 2. The molecule has 1 saturated carbocycles. The number of aliphatic imine (C=N–C) groups is 1. The van der Waals surface area contributed by atoms with Crippen molar-refractivity contribution in [2.45, 2.75) is 58.8 Å². The molecule has 0 unspecified atom stereocenters. The average molecular weight is 422 g/mol. The number of aliphatic hydroxyl groups excluding tert-OH is 1. The Hall–Kier alpha value is -3.22. The average Bonchev–Trinajstić information content (AvgIpc) is 3.10. The Bertz CT molecular complexity index is 1110. The summed E-state index contributed by atoms with van der Waals surface area (Å²) in [6.07, 6.45) is 3.02. The zero-order valence-corrected chi connectivity index (χ0v) is 17.8. The quantitative estimate of drug-likeness (QED) is 0.540. The first-order valence-electron chi connectivity index (χ1n) is 10.6. The van der Waals surface area contributed by atoms with Crippen LogP contribution in [0.25, 0.3) is 0 Å². The fraction of sp³-hybridized carbons (Fsp3) is 0.417. The molecule has 2 aliphatic rings. The van der Waals surface area contributed by atoms with Crippen LogP contribution in [-0.4, -0.2) is 32.6 Å². The van der Waals surface area contributed by atoms with Crippen LogP contribution in [0.5, 0.6) is 5.75 Å². The summed E-state index contributed by atoms with van der Waals surface area (Å²) in [5, 5.41) is 24.9. The van der Waals surface area contributed by atoms with Gasteiger partial charge in [0.05, 0.1) is 22.5 Å². The highest BCUT2D eigenvalue weighted by Gasteiger charge is 2.36. The summed E-state index contributed by atoms with van der Waals surface area (Å²) < 4.78 is 5.42. The highest BCUT2D eigenvalue weighted by Crippen LogP contribution is 2.37. The molecule has 7 heteroatoms. The zero-order valence-electron chi connectivity index (χ0n) is 17.8. The predicted molar refractivity (Wildman–Crippen MR) is 115 cm³/mol. The first-order chi connectivity index (χ1) is 14.7. The van der Waals surface area contributed by atoms with E-state index in [1.165, 1.54) is 6.07 Å². The first kappa shape index (κ1) is 21.0. The van der Waals surface area contributed by atoms with Gasteiger partial charge in [0.25, 0.3) is 0 Å². The van der Waals surface area contributed by atoms with Crippen LogP contribution in [0.3, 0.4) is 0 Å². The number of aromatic hydroxyl groups is 1. The minimum Gasteiger partial charge on any atom is -0.511 e. The number of phenols is 1. The van der Waals surface area contributed by atoms with Crippen molar-refractivity contribution in [3.05, 3.63) is 52.6 Å². The van der Waals surface area contributed by atoms with E-state index < -0.39 is 0 Å². The van der Waals surface area contributed by atoms with E-state index in [9.17, 15) is 19.8 Å². The lowest BCUT2D eigenvalue weighted by molar-refractivity contribution is -0.115. The van der Waals surface area contributed by atoms with Crippen molar-refractivity contribution in [1.82, 2.24) is 5.16 Å². The van der Waals surface area contributed by atoms with Crippen molar-refractivity contribution in [2.24, 2.45) is 10.4 Å². The molecule has 1 aromatic heterocycles. The predicted octanol–water partition coefficient (Wildman–Crippen LogP) is 4.81. The summed E-state index contributed by atoms with van der Waals surface area (Å²) >= 11 is 0. The van der Waals surface area contributed by atoms with E-state index in [2.05, 4.69) is 10.1 Å². The number of hydrogen-bond acceptors (Lipinski definition) is 7. The zero-order chi connectivity index (χ0) is 22.2. The Labute approximate surface area is 180 Å². The van der Waals surface area contributed by atoms with Gasteiger partial charge in [-0.25, -0.2) is 4.99 Å². The Morgan fingerprint density at radius 2 is 1.94 bits per heavy atom. The molecule has 0 atom stereocenters. The minimum absolute atomic E-state index is 0.00481. The van der Waals surface area contributed by atoms with E-state index in [0.29, 0.717) is 60.5 Å². The number of aliphatic hydroxyl groups is 1. The molecule has 0 bridgehead atoms. The standard InChI is InChI=1S/C24H26N2O5/c1-24(2)12-20(30)23-16(26-31-21(23)13-24)10-11-19(29)22-15(7-5-9-18(22)28)25-14-6-3-4-8-17(14)27/h3-4,6,8,27,29H,5,7,9-13H2,1-2H3/b22-19-,25-15?. The number of allylic oxidation sites excluding steroid dienone is 2. The molecule has 162 valence electrons. The van der Waals surface area contributed by atoms with Gasteiger partial charge in [0.1, 0.15) is 23.0 Å². The Kier molecular flexibility index (Phi) is 5.52. The second kappa shape index (κ2) is 8.13. The van der Waals surface area contributed by atoms with Gasteiger partial charge in [-0.05, 0) is 30.4 Å². The van der Waals surface area contributed by atoms with Gasteiger partial charge in [-0.1, -0.05) is 31.1 Å². The van der Waals surface area contributed by atoms with Crippen molar-refractivity contribution >= 4 is 23.0 Å². The maximum atomic E-state index is 12.6. The normalized spacial score (nSPS) is 21.3.